The van der Waals surface area contributed by atoms with E-state index in [9.17, 15) is 0 Å². The molecule has 3 nitrogen and oxygen atoms in total. The number of nitrogens with zero attached hydrogens (tertiary/aromatic N) is 2. The Kier molecular flexibility index (Phi) is 4.02. The van der Waals surface area contributed by atoms with Crippen molar-refractivity contribution < 1.29 is 4.74 Å². The molecule has 2 aliphatic rings. The number of hydrogen-bond acceptors (Lipinski definition) is 3. The van der Waals surface area contributed by atoms with Crippen LogP contribution >= 0.6 is 0 Å². The predicted molar refractivity (Wildman–Crippen MR) is 77.6 cm³/mol. The normalized spacial score (nSPS) is 22.1. The second kappa shape index (κ2) is 5.91. The minimum atomic E-state index is 0.476. The van der Waals surface area contributed by atoms with Crippen LogP contribution in [0.5, 0.6) is 0 Å². The zero-order valence-corrected chi connectivity index (χ0v) is 11.8. The summed E-state index contributed by atoms with van der Waals surface area (Å²) in [5.74, 6) is 1.12. The highest BCUT2D eigenvalue weighted by Crippen LogP contribution is 2.26. The summed E-state index contributed by atoms with van der Waals surface area (Å²) in [5, 5.41) is 0. The van der Waals surface area contributed by atoms with Gasteiger partial charge in [0.15, 0.2) is 0 Å². The van der Waals surface area contributed by atoms with Gasteiger partial charge in [0.05, 0.1) is 12.2 Å². The van der Waals surface area contributed by atoms with Gasteiger partial charge in [-0.15, -0.1) is 0 Å². The van der Waals surface area contributed by atoms with Gasteiger partial charge in [-0.3, -0.25) is 0 Å². The van der Waals surface area contributed by atoms with Crippen LogP contribution < -0.4 is 4.90 Å². The first kappa shape index (κ1) is 12.9. The Morgan fingerprint density at radius 2 is 1.74 bits per heavy atom. The number of pyridine rings is 1. The van der Waals surface area contributed by atoms with Gasteiger partial charge in [0, 0.05) is 18.8 Å². The van der Waals surface area contributed by atoms with Crippen molar-refractivity contribution in [3.05, 3.63) is 23.9 Å². The molecule has 0 aromatic carbocycles. The van der Waals surface area contributed by atoms with Gasteiger partial charge in [-0.1, -0.05) is 18.9 Å². The molecule has 0 spiro atoms. The fourth-order valence-corrected chi connectivity index (χ4v) is 3.22. The molecular weight excluding hydrogens is 236 g/mol. The predicted octanol–water partition coefficient (Wildman–Crippen LogP) is 3.32. The lowest BCUT2D eigenvalue weighted by atomic mass is 10.1. The van der Waals surface area contributed by atoms with Crippen LogP contribution in [0.1, 0.15) is 44.2 Å². The van der Waals surface area contributed by atoms with Crippen LogP contribution in [-0.4, -0.2) is 30.3 Å². The highest BCUT2D eigenvalue weighted by atomic mass is 16.5. The molecule has 1 aliphatic heterocycles. The summed E-state index contributed by atoms with van der Waals surface area (Å²) >= 11 is 0. The lowest BCUT2D eigenvalue weighted by molar-refractivity contribution is -0.0195. The fraction of sp³-hybridized carbons (Fsp3) is 0.688. The first-order valence-corrected chi connectivity index (χ1v) is 7.65. The third-order valence-corrected chi connectivity index (χ3v) is 4.33. The van der Waals surface area contributed by atoms with Crippen molar-refractivity contribution in [2.45, 2.75) is 57.7 Å². The van der Waals surface area contributed by atoms with E-state index < -0.39 is 0 Å². The van der Waals surface area contributed by atoms with Crippen LogP contribution in [0.4, 0.5) is 5.82 Å². The minimum absolute atomic E-state index is 0.476. The van der Waals surface area contributed by atoms with Gasteiger partial charge in [0.2, 0.25) is 0 Å². The van der Waals surface area contributed by atoms with Crippen molar-refractivity contribution in [1.82, 2.24) is 4.98 Å². The Hall–Kier alpha value is -1.09. The number of anilines is 1. The number of aromatic nitrogens is 1. The molecule has 2 heterocycles. The Morgan fingerprint density at radius 3 is 2.42 bits per heavy atom. The van der Waals surface area contributed by atoms with Crippen molar-refractivity contribution in [3.8, 4) is 0 Å². The molecule has 3 rings (SSSR count). The Morgan fingerprint density at radius 1 is 1.05 bits per heavy atom. The van der Waals surface area contributed by atoms with Gasteiger partial charge in [-0.2, -0.15) is 0 Å². The summed E-state index contributed by atoms with van der Waals surface area (Å²) in [5.41, 5.74) is 1.10. The molecule has 19 heavy (non-hydrogen) atoms. The molecule has 1 aromatic heterocycles. The summed E-state index contributed by atoms with van der Waals surface area (Å²) in [4.78, 5) is 7.00. The maximum atomic E-state index is 6.21. The van der Waals surface area contributed by atoms with Crippen molar-refractivity contribution in [2.75, 3.05) is 18.0 Å². The zero-order chi connectivity index (χ0) is 13.1. The number of ether oxygens (including phenoxy) is 1. The average molecular weight is 260 g/mol. The maximum absolute atomic E-state index is 6.21. The fourth-order valence-electron chi connectivity index (χ4n) is 3.22. The van der Waals surface area contributed by atoms with Crippen molar-refractivity contribution in [3.63, 3.8) is 0 Å². The second-order valence-corrected chi connectivity index (χ2v) is 5.87. The van der Waals surface area contributed by atoms with Gasteiger partial charge >= 0.3 is 0 Å². The first-order valence-electron chi connectivity index (χ1n) is 7.65. The third kappa shape index (κ3) is 3.27. The van der Waals surface area contributed by atoms with E-state index in [2.05, 4.69) is 35.0 Å². The molecule has 0 bridgehead atoms. The Bertz CT molecular complexity index is 407. The number of hydrogen-bond donors (Lipinski definition) is 0. The van der Waals surface area contributed by atoms with E-state index in [1.165, 1.54) is 25.7 Å². The van der Waals surface area contributed by atoms with Gasteiger partial charge in [0.1, 0.15) is 5.82 Å². The molecule has 0 atom stereocenters. The monoisotopic (exact) mass is 260 g/mol. The van der Waals surface area contributed by atoms with Crippen molar-refractivity contribution in [2.24, 2.45) is 0 Å². The van der Waals surface area contributed by atoms with Gasteiger partial charge in [-0.25, -0.2) is 4.98 Å². The lowest BCUT2D eigenvalue weighted by Gasteiger charge is -2.34. The van der Waals surface area contributed by atoms with E-state index in [0.29, 0.717) is 12.2 Å². The summed E-state index contributed by atoms with van der Waals surface area (Å²) in [7, 11) is 0. The van der Waals surface area contributed by atoms with Crippen LogP contribution in [-0.2, 0) is 4.74 Å². The summed E-state index contributed by atoms with van der Waals surface area (Å²) < 4.78 is 6.21. The molecule has 0 unspecified atom stereocenters. The summed E-state index contributed by atoms with van der Waals surface area (Å²) in [6, 6.07) is 6.27. The minimum Gasteiger partial charge on any atom is -0.375 e. The van der Waals surface area contributed by atoms with E-state index in [1.807, 2.05) is 0 Å². The smallest absolute Gasteiger partial charge is 0.128 e. The standard InChI is InChI=1S/C16H24N2O/c1-13-5-4-8-16(17-13)18-11-9-15(10-12-18)19-14-6-2-3-7-14/h4-5,8,14-15H,2-3,6-7,9-12H2,1H3. The summed E-state index contributed by atoms with van der Waals surface area (Å²) in [6.45, 7) is 4.21. The number of aryl methyl sites for hydroxylation is 1. The number of piperidine rings is 1. The van der Waals surface area contributed by atoms with Crippen molar-refractivity contribution >= 4 is 5.82 Å². The molecule has 0 radical (unpaired) electrons. The van der Waals surface area contributed by atoms with Crippen LogP contribution in [0.25, 0.3) is 0 Å². The molecule has 0 amide bonds. The molecule has 104 valence electrons. The van der Waals surface area contributed by atoms with Crippen molar-refractivity contribution in [1.29, 1.82) is 0 Å². The Balaban J connectivity index is 1.51. The zero-order valence-electron chi connectivity index (χ0n) is 11.8. The largest absolute Gasteiger partial charge is 0.375 e. The van der Waals surface area contributed by atoms with E-state index in [-0.39, 0.29) is 0 Å². The van der Waals surface area contributed by atoms with E-state index in [1.54, 1.807) is 0 Å². The summed E-state index contributed by atoms with van der Waals surface area (Å²) in [6.07, 6.45) is 8.59. The van der Waals surface area contributed by atoms with Gasteiger partial charge < -0.3 is 9.64 Å². The van der Waals surface area contributed by atoms with E-state index in [0.717, 1.165) is 37.4 Å². The van der Waals surface area contributed by atoms with Crippen LogP contribution in [0, 0.1) is 6.92 Å². The quantitative estimate of drug-likeness (QED) is 0.833. The van der Waals surface area contributed by atoms with Crippen LogP contribution in [0.2, 0.25) is 0 Å². The molecule has 3 heteroatoms. The molecule has 2 fully saturated rings. The van der Waals surface area contributed by atoms with Crippen LogP contribution in [0.15, 0.2) is 18.2 Å². The third-order valence-electron chi connectivity index (χ3n) is 4.33. The first-order chi connectivity index (χ1) is 9.31. The molecule has 1 saturated carbocycles. The van der Waals surface area contributed by atoms with Crippen LogP contribution in [0.3, 0.4) is 0 Å². The molecule has 1 saturated heterocycles. The van der Waals surface area contributed by atoms with E-state index >= 15 is 0 Å². The van der Waals surface area contributed by atoms with E-state index in [4.69, 9.17) is 4.74 Å². The average Bonchev–Trinajstić information content (AvgIpc) is 2.92. The maximum Gasteiger partial charge on any atom is 0.128 e. The molecule has 1 aliphatic carbocycles. The topological polar surface area (TPSA) is 25.4 Å². The number of rotatable bonds is 3. The highest BCUT2D eigenvalue weighted by Gasteiger charge is 2.25. The second-order valence-electron chi connectivity index (χ2n) is 5.87. The molecule has 1 aromatic rings. The highest BCUT2D eigenvalue weighted by molar-refractivity contribution is 5.39. The lowest BCUT2D eigenvalue weighted by Crippen LogP contribution is -2.38. The molecule has 0 N–H and O–H groups in total. The molecular formula is C16H24N2O. The SMILES string of the molecule is Cc1cccc(N2CCC(OC3CCCC3)CC2)n1. The van der Waals surface area contributed by atoms with Gasteiger partial charge in [0.25, 0.3) is 0 Å². The Labute approximate surface area is 116 Å². The van der Waals surface area contributed by atoms with Gasteiger partial charge in [-0.05, 0) is 44.7 Å².